The summed E-state index contributed by atoms with van der Waals surface area (Å²) in [6.07, 6.45) is 1.06. The molecule has 1 aromatic heterocycles. The van der Waals surface area contributed by atoms with E-state index in [1.807, 2.05) is 18.2 Å². The first-order valence-corrected chi connectivity index (χ1v) is 6.43. The molecule has 96 valence electrons. The van der Waals surface area contributed by atoms with E-state index < -0.39 is 0 Å². The number of aromatic nitrogens is 3. The summed E-state index contributed by atoms with van der Waals surface area (Å²) in [5.41, 5.74) is 10.7. The Morgan fingerprint density at radius 3 is 2.37 bits per heavy atom. The van der Waals surface area contributed by atoms with Crippen molar-refractivity contribution in [1.82, 2.24) is 15.0 Å². The second kappa shape index (κ2) is 4.72. The number of hydrogen-bond acceptors (Lipinski definition) is 3. The van der Waals surface area contributed by atoms with Gasteiger partial charge in [-0.3, -0.25) is 0 Å². The molecule has 0 aliphatic heterocycles. The van der Waals surface area contributed by atoms with Crippen molar-refractivity contribution >= 4 is 16.7 Å². The van der Waals surface area contributed by atoms with Gasteiger partial charge in [-0.05, 0) is 35.7 Å². The highest BCUT2D eigenvalue weighted by Crippen LogP contribution is 2.14. The zero-order chi connectivity index (χ0) is 13.2. The van der Waals surface area contributed by atoms with E-state index in [1.165, 1.54) is 11.1 Å². The summed E-state index contributed by atoms with van der Waals surface area (Å²) in [6.45, 7) is 2.83. The van der Waals surface area contributed by atoms with E-state index in [4.69, 9.17) is 5.73 Å². The lowest BCUT2D eigenvalue weighted by atomic mass is 10.1. The van der Waals surface area contributed by atoms with Crippen LogP contribution in [0.2, 0.25) is 0 Å². The largest absolute Gasteiger partial charge is 0.399 e. The van der Waals surface area contributed by atoms with Gasteiger partial charge in [0.2, 0.25) is 0 Å². The van der Waals surface area contributed by atoms with Crippen LogP contribution >= 0.6 is 0 Å². The third kappa shape index (κ3) is 2.42. The van der Waals surface area contributed by atoms with Crippen LogP contribution in [0.15, 0.2) is 42.5 Å². The molecule has 0 bridgehead atoms. The lowest BCUT2D eigenvalue weighted by Gasteiger charge is -2.01. The summed E-state index contributed by atoms with van der Waals surface area (Å²) in [7, 11) is 0. The monoisotopic (exact) mass is 252 g/mol. The van der Waals surface area contributed by atoms with Crippen molar-refractivity contribution in [3.8, 4) is 0 Å². The first-order chi connectivity index (χ1) is 9.24. The third-order valence-corrected chi connectivity index (χ3v) is 3.20. The average molecular weight is 252 g/mol. The number of nitrogens with zero attached hydrogens (tertiary/aromatic N) is 3. The molecule has 0 aliphatic rings. The van der Waals surface area contributed by atoms with Gasteiger partial charge in [-0.1, -0.05) is 31.2 Å². The van der Waals surface area contributed by atoms with Gasteiger partial charge in [0.25, 0.3) is 0 Å². The second-order valence-corrected chi connectivity index (χ2v) is 4.65. The van der Waals surface area contributed by atoms with E-state index in [0.29, 0.717) is 12.2 Å². The summed E-state index contributed by atoms with van der Waals surface area (Å²) in [4.78, 5) is 1.71. The van der Waals surface area contributed by atoms with Crippen molar-refractivity contribution in [2.24, 2.45) is 0 Å². The summed E-state index contributed by atoms with van der Waals surface area (Å²) in [6, 6.07) is 14.1. The second-order valence-electron chi connectivity index (χ2n) is 4.65. The van der Waals surface area contributed by atoms with Gasteiger partial charge in [0.05, 0.1) is 6.54 Å². The summed E-state index contributed by atoms with van der Waals surface area (Å²) in [5.74, 6) is 0. The molecule has 3 aromatic rings. The van der Waals surface area contributed by atoms with Crippen molar-refractivity contribution in [3.05, 3.63) is 53.6 Å². The predicted molar refractivity (Wildman–Crippen MR) is 76.9 cm³/mol. The van der Waals surface area contributed by atoms with Crippen LogP contribution in [-0.4, -0.2) is 15.0 Å². The number of anilines is 1. The number of nitrogen functional groups attached to an aromatic ring is 1. The molecule has 0 radical (unpaired) electrons. The maximum atomic E-state index is 5.74. The van der Waals surface area contributed by atoms with Crippen molar-refractivity contribution < 1.29 is 0 Å². The lowest BCUT2D eigenvalue weighted by molar-refractivity contribution is 0.600. The first-order valence-electron chi connectivity index (χ1n) is 6.43. The van der Waals surface area contributed by atoms with Gasteiger partial charge >= 0.3 is 0 Å². The first kappa shape index (κ1) is 11.7. The predicted octanol–water partition coefficient (Wildman–Crippen LogP) is 2.62. The molecule has 0 fully saturated rings. The van der Waals surface area contributed by atoms with E-state index >= 15 is 0 Å². The van der Waals surface area contributed by atoms with E-state index in [0.717, 1.165) is 17.5 Å². The Bertz CT molecular complexity index is 698. The highest BCUT2D eigenvalue weighted by Gasteiger charge is 2.03. The minimum atomic E-state index is 0.679. The Morgan fingerprint density at radius 1 is 0.947 bits per heavy atom. The summed E-state index contributed by atoms with van der Waals surface area (Å²) < 4.78 is 0. The molecule has 3 rings (SSSR count). The van der Waals surface area contributed by atoms with Crippen LogP contribution in [0.5, 0.6) is 0 Å². The smallest absolute Gasteiger partial charge is 0.115 e. The van der Waals surface area contributed by atoms with Crippen LogP contribution in [0.1, 0.15) is 18.1 Å². The van der Waals surface area contributed by atoms with Crippen molar-refractivity contribution in [3.63, 3.8) is 0 Å². The lowest BCUT2D eigenvalue weighted by Crippen LogP contribution is -2.03. The van der Waals surface area contributed by atoms with Gasteiger partial charge in [0, 0.05) is 5.69 Å². The SMILES string of the molecule is CCc1ccc(Cn2nc3ccc(N)cc3n2)cc1. The Balaban J connectivity index is 1.87. The topological polar surface area (TPSA) is 56.7 Å². The van der Waals surface area contributed by atoms with Crippen molar-refractivity contribution in [1.29, 1.82) is 0 Å². The van der Waals surface area contributed by atoms with E-state index in [9.17, 15) is 0 Å². The van der Waals surface area contributed by atoms with Crippen LogP contribution < -0.4 is 5.73 Å². The fourth-order valence-corrected chi connectivity index (χ4v) is 2.09. The minimum absolute atomic E-state index is 0.679. The van der Waals surface area contributed by atoms with Crippen LogP contribution in [-0.2, 0) is 13.0 Å². The standard InChI is InChI=1S/C15H16N4/c1-2-11-3-5-12(6-4-11)10-19-17-14-8-7-13(16)9-15(14)18-19/h3-9H,2,10,16H2,1H3. The highest BCUT2D eigenvalue weighted by molar-refractivity contribution is 5.77. The fourth-order valence-electron chi connectivity index (χ4n) is 2.09. The highest BCUT2D eigenvalue weighted by atomic mass is 15.5. The number of aryl methyl sites for hydroxylation is 1. The third-order valence-electron chi connectivity index (χ3n) is 3.20. The maximum absolute atomic E-state index is 5.74. The van der Waals surface area contributed by atoms with Gasteiger partial charge in [0.15, 0.2) is 0 Å². The van der Waals surface area contributed by atoms with Crippen molar-refractivity contribution in [2.45, 2.75) is 19.9 Å². The molecule has 19 heavy (non-hydrogen) atoms. The molecule has 4 heteroatoms. The molecule has 1 heterocycles. The zero-order valence-electron chi connectivity index (χ0n) is 10.9. The number of fused-ring (bicyclic) bond motifs is 1. The van der Waals surface area contributed by atoms with Gasteiger partial charge in [-0.2, -0.15) is 15.0 Å². The molecular formula is C15H16N4. The number of benzene rings is 2. The molecule has 4 nitrogen and oxygen atoms in total. The zero-order valence-corrected chi connectivity index (χ0v) is 10.9. The molecule has 2 aromatic carbocycles. The molecular weight excluding hydrogens is 236 g/mol. The van der Waals surface area contributed by atoms with Gasteiger partial charge < -0.3 is 5.73 Å². The quantitative estimate of drug-likeness (QED) is 0.729. The molecule has 2 N–H and O–H groups in total. The number of hydrogen-bond donors (Lipinski definition) is 1. The normalized spacial score (nSPS) is 11.0. The van der Waals surface area contributed by atoms with Crippen LogP contribution in [0.4, 0.5) is 5.69 Å². The van der Waals surface area contributed by atoms with Crippen LogP contribution in [0, 0.1) is 0 Å². The Labute approximate surface area is 111 Å². The van der Waals surface area contributed by atoms with Crippen LogP contribution in [0.3, 0.4) is 0 Å². The molecule has 0 unspecified atom stereocenters. The van der Waals surface area contributed by atoms with Crippen molar-refractivity contribution in [2.75, 3.05) is 5.73 Å². The average Bonchev–Trinajstić information content (AvgIpc) is 2.81. The van der Waals surface area contributed by atoms with Gasteiger partial charge in [0.1, 0.15) is 11.0 Å². The number of rotatable bonds is 3. The minimum Gasteiger partial charge on any atom is -0.399 e. The molecule has 0 saturated heterocycles. The van der Waals surface area contributed by atoms with Gasteiger partial charge in [-0.15, -0.1) is 0 Å². The Kier molecular flexibility index (Phi) is 2.91. The molecule has 0 saturated carbocycles. The Morgan fingerprint density at radius 2 is 1.63 bits per heavy atom. The Hall–Kier alpha value is -2.36. The van der Waals surface area contributed by atoms with E-state index in [1.54, 1.807) is 4.80 Å². The fraction of sp³-hybridized carbons (Fsp3) is 0.200. The van der Waals surface area contributed by atoms with E-state index in [-0.39, 0.29) is 0 Å². The molecule has 0 aliphatic carbocycles. The molecule has 0 amide bonds. The molecule has 0 spiro atoms. The van der Waals surface area contributed by atoms with Gasteiger partial charge in [-0.25, -0.2) is 0 Å². The maximum Gasteiger partial charge on any atom is 0.115 e. The van der Waals surface area contributed by atoms with E-state index in [2.05, 4.69) is 41.4 Å². The summed E-state index contributed by atoms with van der Waals surface area (Å²) in [5, 5.41) is 8.88. The molecule has 0 atom stereocenters. The van der Waals surface area contributed by atoms with Crippen LogP contribution in [0.25, 0.3) is 11.0 Å². The summed E-state index contributed by atoms with van der Waals surface area (Å²) >= 11 is 0. The number of nitrogens with two attached hydrogens (primary N) is 1.